The van der Waals surface area contributed by atoms with Crippen molar-refractivity contribution < 1.29 is 9.84 Å². The molecular formula is C16H21N3O3. The Kier molecular flexibility index (Phi) is 4.70. The van der Waals surface area contributed by atoms with Gasteiger partial charge in [0.25, 0.3) is 5.56 Å². The van der Waals surface area contributed by atoms with Crippen molar-refractivity contribution in [1.29, 1.82) is 0 Å². The largest absolute Gasteiger partial charge is 0.473 e. The molecule has 1 aromatic carbocycles. The van der Waals surface area contributed by atoms with E-state index in [1.807, 2.05) is 6.07 Å². The van der Waals surface area contributed by atoms with Crippen LogP contribution in [0.15, 0.2) is 29.1 Å². The van der Waals surface area contributed by atoms with E-state index < -0.39 is 6.10 Å². The number of aromatic amines is 1. The molecule has 0 spiro atoms. The molecule has 6 nitrogen and oxygen atoms in total. The average molecular weight is 303 g/mol. The topological polar surface area (TPSA) is 78.5 Å². The van der Waals surface area contributed by atoms with Crippen LogP contribution >= 0.6 is 0 Å². The molecule has 6 heteroatoms. The summed E-state index contributed by atoms with van der Waals surface area (Å²) in [5.74, 6) is 0.355. The molecule has 2 N–H and O–H groups in total. The molecular weight excluding hydrogens is 282 g/mol. The Morgan fingerprint density at radius 3 is 2.73 bits per heavy atom. The Labute approximate surface area is 128 Å². The van der Waals surface area contributed by atoms with Crippen LogP contribution in [-0.2, 0) is 0 Å². The van der Waals surface area contributed by atoms with Crippen molar-refractivity contribution in [3.63, 3.8) is 0 Å². The first-order valence-electron chi connectivity index (χ1n) is 7.74. The average Bonchev–Trinajstić information content (AvgIpc) is 2.55. The van der Waals surface area contributed by atoms with Gasteiger partial charge in [-0.25, -0.2) is 5.10 Å². The number of H-pyrrole nitrogens is 1. The van der Waals surface area contributed by atoms with Crippen LogP contribution in [0, 0.1) is 0 Å². The number of hydrogen-bond acceptors (Lipinski definition) is 5. The number of β-amino-alcohol motifs (C(OH)–C–C–N with tert-alkyl or cyclic N) is 1. The van der Waals surface area contributed by atoms with Gasteiger partial charge in [-0.2, -0.15) is 0 Å². The summed E-state index contributed by atoms with van der Waals surface area (Å²) in [4.78, 5) is 14.0. The predicted molar refractivity (Wildman–Crippen MR) is 84.2 cm³/mol. The van der Waals surface area contributed by atoms with Crippen molar-refractivity contribution >= 4 is 10.8 Å². The number of nitrogens with one attached hydrogen (secondary N) is 1. The molecule has 1 aromatic heterocycles. The highest BCUT2D eigenvalue weighted by molar-refractivity contribution is 5.85. The van der Waals surface area contributed by atoms with E-state index in [0.717, 1.165) is 13.1 Å². The molecule has 1 aliphatic rings. The van der Waals surface area contributed by atoms with Gasteiger partial charge in [-0.1, -0.05) is 18.6 Å². The zero-order valence-electron chi connectivity index (χ0n) is 12.5. The van der Waals surface area contributed by atoms with Gasteiger partial charge in [0.15, 0.2) is 0 Å². The number of fused-ring (bicyclic) bond motifs is 1. The molecule has 1 unspecified atom stereocenters. The quantitative estimate of drug-likeness (QED) is 0.866. The van der Waals surface area contributed by atoms with Crippen molar-refractivity contribution in [2.75, 3.05) is 26.2 Å². The Morgan fingerprint density at radius 1 is 1.23 bits per heavy atom. The summed E-state index contributed by atoms with van der Waals surface area (Å²) in [7, 11) is 0. The number of piperidine rings is 1. The summed E-state index contributed by atoms with van der Waals surface area (Å²) in [6.07, 6.45) is 3.10. The van der Waals surface area contributed by atoms with E-state index >= 15 is 0 Å². The maximum Gasteiger partial charge on any atom is 0.272 e. The van der Waals surface area contributed by atoms with Gasteiger partial charge in [0.05, 0.1) is 10.8 Å². The van der Waals surface area contributed by atoms with Crippen LogP contribution in [0.4, 0.5) is 0 Å². The Balaban J connectivity index is 1.63. The second-order valence-corrected chi connectivity index (χ2v) is 5.73. The second-order valence-electron chi connectivity index (χ2n) is 5.73. The molecule has 1 atom stereocenters. The smallest absolute Gasteiger partial charge is 0.272 e. The molecule has 0 radical (unpaired) electrons. The fourth-order valence-electron chi connectivity index (χ4n) is 2.87. The number of nitrogens with zero attached hydrogens (tertiary/aromatic N) is 2. The van der Waals surface area contributed by atoms with E-state index in [9.17, 15) is 9.90 Å². The molecule has 1 fully saturated rings. The highest BCUT2D eigenvalue weighted by Gasteiger charge is 2.16. The second kappa shape index (κ2) is 6.89. The van der Waals surface area contributed by atoms with Crippen molar-refractivity contribution in [2.24, 2.45) is 0 Å². The van der Waals surface area contributed by atoms with Crippen molar-refractivity contribution in [2.45, 2.75) is 25.4 Å². The maximum atomic E-state index is 11.7. The monoisotopic (exact) mass is 303 g/mol. The number of aliphatic hydroxyl groups excluding tert-OH is 1. The van der Waals surface area contributed by atoms with E-state index in [0.29, 0.717) is 23.2 Å². The fraction of sp³-hybridized carbons (Fsp3) is 0.500. The lowest BCUT2D eigenvalue weighted by Gasteiger charge is -2.28. The summed E-state index contributed by atoms with van der Waals surface area (Å²) in [5, 5.41) is 17.7. The minimum Gasteiger partial charge on any atom is -0.473 e. The molecule has 1 saturated heterocycles. The van der Waals surface area contributed by atoms with Crippen molar-refractivity contribution in [1.82, 2.24) is 15.1 Å². The Hall–Kier alpha value is -1.92. The predicted octanol–water partition coefficient (Wildman–Crippen LogP) is 1.15. The van der Waals surface area contributed by atoms with Crippen LogP contribution in [0.1, 0.15) is 19.3 Å². The Bertz CT molecular complexity index is 680. The van der Waals surface area contributed by atoms with E-state index in [2.05, 4.69) is 15.1 Å². The summed E-state index contributed by atoms with van der Waals surface area (Å²) < 4.78 is 5.62. The number of hydrogen-bond donors (Lipinski definition) is 2. The van der Waals surface area contributed by atoms with Crippen LogP contribution in [0.25, 0.3) is 10.8 Å². The van der Waals surface area contributed by atoms with Crippen molar-refractivity contribution in [3.8, 4) is 5.88 Å². The first kappa shape index (κ1) is 15.0. The number of aromatic nitrogens is 2. The summed E-state index contributed by atoms with van der Waals surface area (Å²) >= 11 is 0. The van der Waals surface area contributed by atoms with Crippen LogP contribution in [0.5, 0.6) is 5.88 Å². The molecule has 0 aliphatic carbocycles. The van der Waals surface area contributed by atoms with Crippen LogP contribution in [0.2, 0.25) is 0 Å². The number of ether oxygens (including phenoxy) is 1. The number of likely N-dealkylation sites (tertiary alicyclic amines) is 1. The highest BCUT2D eigenvalue weighted by Crippen LogP contribution is 2.19. The van der Waals surface area contributed by atoms with E-state index in [1.165, 1.54) is 19.3 Å². The molecule has 2 heterocycles. The maximum absolute atomic E-state index is 11.7. The summed E-state index contributed by atoms with van der Waals surface area (Å²) in [5.41, 5.74) is -0.239. The minimum absolute atomic E-state index is 0.166. The lowest BCUT2D eigenvalue weighted by Crippen LogP contribution is -2.38. The molecule has 0 amide bonds. The first-order valence-corrected chi connectivity index (χ1v) is 7.74. The number of benzene rings is 1. The normalized spacial score (nSPS) is 17.5. The zero-order chi connectivity index (χ0) is 15.4. The number of rotatable bonds is 5. The molecule has 118 valence electrons. The van der Waals surface area contributed by atoms with Gasteiger partial charge >= 0.3 is 0 Å². The first-order chi connectivity index (χ1) is 10.7. The third-order valence-electron chi connectivity index (χ3n) is 3.99. The molecule has 22 heavy (non-hydrogen) atoms. The van der Waals surface area contributed by atoms with Gasteiger partial charge in [0.1, 0.15) is 12.7 Å². The molecule has 3 rings (SSSR count). The van der Waals surface area contributed by atoms with E-state index in [-0.39, 0.29) is 12.2 Å². The van der Waals surface area contributed by atoms with Crippen LogP contribution in [0.3, 0.4) is 0 Å². The lowest BCUT2D eigenvalue weighted by atomic mass is 10.1. The van der Waals surface area contributed by atoms with Crippen LogP contribution < -0.4 is 10.3 Å². The highest BCUT2D eigenvalue weighted by atomic mass is 16.5. The van der Waals surface area contributed by atoms with Gasteiger partial charge in [-0.3, -0.25) is 4.79 Å². The standard InChI is InChI=1S/C16H21N3O3/c20-12(10-19-8-4-1-5-9-19)11-22-16-14-7-3-2-6-13(14)15(21)17-18-16/h2-3,6-7,12,20H,1,4-5,8-11H2,(H,17,21). The van der Waals surface area contributed by atoms with Gasteiger partial charge in [0, 0.05) is 6.54 Å². The molecule has 1 aliphatic heterocycles. The molecule has 2 aromatic rings. The van der Waals surface area contributed by atoms with Gasteiger partial charge in [-0.05, 0) is 38.1 Å². The number of aliphatic hydroxyl groups is 1. The van der Waals surface area contributed by atoms with Crippen molar-refractivity contribution in [3.05, 3.63) is 34.6 Å². The summed E-state index contributed by atoms with van der Waals surface area (Å²) in [6.45, 7) is 2.86. The van der Waals surface area contributed by atoms with E-state index in [4.69, 9.17) is 4.74 Å². The van der Waals surface area contributed by atoms with Crippen LogP contribution in [-0.4, -0.2) is 52.5 Å². The van der Waals surface area contributed by atoms with Gasteiger partial charge in [0.2, 0.25) is 5.88 Å². The molecule has 0 saturated carbocycles. The third kappa shape index (κ3) is 3.45. The SMILES string of the molecule is O=c1[nH]nc(OCC(O)CN2CCCCC2)c2ccccc12. The molecule has 0 bridgehead atoms. The van der Waals surface area contributed by atoms with Gasteiger partial charge in [-0.15, -0.1) is 5.10 Å². The lowest BCUT2D eigenvalue weighted by molar-refractivity contribution is 0.0604. The Morgan fingerprint density at radius 2 is 1.95 bits per heavy atom. The third-order valence-corrected chi connectivity index (χ3v) is 3.99. The minimum atomic E-state index is -0.564. The van der Waals surface area contributed by atoms with Gasteiger partial charge < -0.3 is 14.7 Å². The fourth-order valence-corrected chi connectivity index (χ4v) is 2.87. The summed E-state index contributed by atoms with van der Waals surface area (Å²) in [6, 6.07) is 7.16. The van der Waals surface area contributed by atoms with E-state index in [1.54, 1.807) is 18.2 Å². The zero-order valence-corrected chi connectivity index (χ0v) is 12.5.